The van der Waals surface area contributed by atoms with Crippen LogP contribution in [0.4, 0.5) is 5.13 Å². The molecule has 1 atom stereocenters. The van der Waals surface area contributed by atoms with Crippen molar-refractivity contribution in [2.45, 2.75) is 50.5 Å². The predicted octanol–water partition coefficient (Wildman–Crippen LogP) is 5.33. The summed E-state index contributed by atoms with van der Waals surface area (Å²) < 4.78 is 32.1. The zero-order chi connectivity index (χ0) is 23.6. The number of fused-ring (bicyclic) bond motifs is 1. The summed E-state index contributed by atoms with van der Waals surface area (Å²) in [6.45, 7) is 5.18. The fraction of sp³-hybridized carbons (Fsp3) is 0.417. The van der Waals surface area contributed by atoms with Crippen LogP contribution in [0.25, 0.3) is 10.2 Å². The second-order valence-corrected chi connectivity index (χ2v) is 11.9. The monoisotopic (exact) mass is 506 g/mol. The molecule has 1 aliphatic rings. The second-order valence-electron chi connectivity index (χ2n) is 8.39. The lowest BCUT2D eigenvalue weighted by atomic mass is 10.1. The average Bonchev–Trinajstić information content (AvgIpc) is 3.45. The van der Waals surface area contributed by atoms with Crippen molar-refractivity contribution in [1.29, 1.82) is 0 Å². The first-order chi connectivity index (χ1) is 15.7. The third-order valence-electron chi connectivity index (χ3n) is 5.85. The number of carbonyl (C=O) groups is 1. The Labute approximate surface area is 203 Å². The molecule has 4 rings (SSSR count). The number of hydrogen-bond donors (Lipinski definition) is 0. The molecule has 0 spiro atoms. The van der Waals surface area contributed by atoms with Gasteiger partial charge in [-0.25, -0.2) is 13.4 Å². The molecular weight excluding hydrogens is 480 g/mol. The van der Waals surface area contributed by atoms with Gasteiger partial charge in [0, 0.05) is 18.1 Å². The summed E-state index contributed by atoms with van der Waals surface area (Å²) in [6, 6.07) is 10.2. The molecule has 33 heavy (non-hydrogen) atoms. The second kappa shape index (κ2) is 10.1. The molecule has 1 aromatic heterocycles. The van der Waals surface area contributed by atoms with Crippen molar-refractivity contribution in [3.8, 4) is 0 Å². The van der Waals surface area contributed by atoms with Crippen molar-refractivity contribution in [3.63, 3.8) is 0 Å². The molecule has 0 aliphatic carbocycles. The summed E-state index contributed by atoms with van der Waals surface area (Å²) in [5, 5.41) is 1.12. The number of hydrogen-bond acceptors (Lipinski definition) is 6. The molecule has 1 fully saturated rings. The van der Waals surface area contributed by atoms with E-state index in [9.17, 15) is 13.2 Å². The van der Waals surface area contributed by atoms with Crippen LogP contribution in [0.2, 0.25) is 5.02 Å². The van der Waals surface area contributed by atoms with E-state index in [4.69, 9.17) is 21.3 Å². The third kappa shape index (κ3) is 5.57. The smallest absolute Gasteiger partial charge is 0.228 e. The van der Waals surface area contributed by atoms with Crippen molar-refractivity contribution in [2.24, 2.45) is 0 Å². The van der Waals surface area contributed by atoms with Gasteiger partial charge in [-0.1, -0.05) is 35.1 Å². The van der Waals surface area contributed by atoms with Crippen LogP contribution in [-0.4, -0.2) is 44.3 Å². The maximum Gasteiger partial charge on any atom is 0.228 e. The van der Waals surface area contributed by atoms with Crippen molar-refractivity contribution >= 4 is 54.0 Å². The molecule has 0 radical (unpaired) electrons. The number of nitrogens with zero attached hydrogens (tertiary/aromatic N) is 2. The van der Waals surface area contributed by atoms with E-state index in [1.54, 1.807) is 17.0 Å². The van der Waals surface area contributed by atoms with Gasteiger partial charge in [0.05, 0.1) is 33.5 Å². The highest BCUT2D eigenvalue weighted by Gasteiger charge is 2.27. The van der Waals surface area contributed by atoms with Gasteiger partial charge in [0.15, 0.2) is 15.0 Å². The lowest BCUT2D eigenvalue weighted by Crippen LogP contribution is -2.37. The summed E-state index contributed by atoms with van der Waals surface area (Å²) in [5.74, 6) is -0.238. The number of ether oxygens (including phenoxy) is 1. The summed E-state index contributed by atoms with van der Waals surface area (Å²) in [5.41, 5.74) is 3.10. The minimum absolute atomic E-state index is 0.0269. The lowest BCUT2D eigenvalue weighted by molar-refractivity contribution is -0.119. The molecule has 176 valence electrons. The fourth-order valence-electron chi connectivity index (χ4n) is 3.95. The van der Waals surface area contributed by atoms with Crippen molar-refractivity contribution in [1.82, 2.24) is 4.98 Å². The topological polar surface area (TPSA) is 76.6 Å². The first-order valence-corrected chi connectivity index (χ1v) is 13.9. The van der Waals surface area contributed by atoms with Crippen LogP contribution in [0.15, 0.2) is 41.3 Å². The van der Waals surface area contributed by atoms with E-state index in [-0.39, 0.29) is 35.5 Å². The largest absolute Gasteiger partial charge is 0.376 e. The van der Waals surface area contributed by atoms with Crippen molar-refractivity contribution in [2.75, 3.05) is 23.8 Å². The molecule has 0 saturated carbocycles. The van der Waals surface area contributed by atoms with Crippen LogP contribution in [0.5, 0.6) is 0 Å². The number of rotatable bonds is 8. The minimum Gasteiger partial charge on any atom is -0.376 e. The van der Waals surface area contributed by atoms with Gasteiger partial charge in [-0.3, -0.25) is 9.69 Å². The summed E-state index contributed by atoms with van der Waals surface area (Å²) >= 11 is 7.36. The van der Waals surface area contributed by atoms with Gasteiger partial charge in [-0.15, -0.1) is 0 Å². The van der Waals surface area contributed by atoms with Gasteiger partial charge in [0.25, 0.3) is 0 Å². The van der Waals surface area contributed by atoms with E-state index >= 15 is 0 Å². The Morgan fingerprint density at radius 3 is 2.58 bits per heavy atom. The highest BCUT2D eigenvalue weighted by Crippen LogP contribution is 2.34. The van der Waals surface area contributed by atoms with Gasteiger partial charge < -0.3 is 4.74 Å². The molecule has 0 N–H and O–H groups in total. The molecule has 2 heterocycles. The quantitative estimate of drug-likeness (QED) is 0.412. The molecule has 1 amide bonds. The van der Waals surface area contributed by atoms with Crippen LogP contribution < -0.4 is 4.90 Å². The molecule has 3 aromatic rings. The van der Waals surface area contributed by atoms with Gasteiger partial charge in [0.1, 0.15) is 0 Å². The van der Waals surface area contributed by atoms with Crippen LogP contribution in [-0.2, 0) is 19.4 Å². The summed E-state index contributed by atoms with van der Waals surface area (Å²) in [6.07, 6.45) is 2.20. The van der Waals surface area contributed by atoms with E-state index in [1.165, 1.54) is 23.5 Å². The average molecular weight is 507 g/mol. The molecule has 2 aromatic carbocycles. The van der Waals surface area contributed by atoms with E-state index in [1.807, 2.05) is 19.9 Å². The normalized spacial score (nSPS) is 16.4. The van der Waals surface area contributed by atoms with Crippen LogP contribution in [0.3, 0.4) is 0 Å². The van der Waals surface area contributed by atoms with Gasteiger partial charge in [-0.2, -0.15) is 0 Å². The number of anilines is 1. The lowest BCUT2D eigenvalue weighted by Gasteiger charge is -2.23. The Bertz CT molecular complexity index is 1210. The van der Waals surface area contributed by atoms with Crippen LogP contribution in [0, 0.1) is 13.8 Å². The van der Waals surface area contributed by atoms with Gasteiger partial charge in [0.2, 0.25) is 5.91 Å². The Balaban J connectivity index is 1.51. The highest BCUT2D eigenvalue weighted by atomic mass is 35.5. The van der Waals surface area contributed by atoms with E-state index in [0.717, 1.165) is 34.2 Å². The Morgan fingerprint density at radius 1 is 1.18 bits per heavy atom. The predicted molar refractivity (Wildman–Crippen MR) is 133 cm³/mol. The first-order valence-electron chi connectivity index (χ1n) is 11.0. The van der Waals surface area contributed by atoms with E-state index in [2.05, 4.69) is 6.07 Å². The van der Waals surface area contributed by atoms with E-state index in [0.29, 0.717) is 23.3 Å². The standard InChI is InChI=1S/C24H27ClN2O4S2/c1-16-7-8-17(2)23-22(16)26-24(32-23)27(15-19-5-3-13-31-19)21(28)6-4-14-33(29,30)20-11-9-18(25)10-12-20/h7-12,19H,3-6,13-15H2,1-2H3. The Morgan fingerprint density at radius 2 is 1.91 bits per heavy atom. The number of aryl methyl sites for hydroxylation is 2. The first kappa shape index (κ1) is 24.1. The summed E-state index contributed by atoms with van der Waals surface area (Å²) in [7, 11) is -3.48. The number of amides is 1. The van der Waals surface area contributed by atoms with E-state index < -0.39 is 9.84 Å². The summed E-state index contributed by atoms with van der Waals surface area (Å²) in [4.78, 5) is 20.0. The number of thiazole rings is 1. The zero-order valence-corrected chi connectivity index (χ0v) is 21.1. The Kier molecular flexibility index (Phi) is 7.38. The fourth-order valence-corrected chi connectivity index (χ4v) is 6.53. The Hall–Kier alpha value is -2.00. The third-order valence-corrected chi connectivity index (χ3v) is 9.13. The molecule has 1 saturated heterocycles. The molecule has 9 heteroatoms. The maximum atomic E-state index is 13.3. The van der Waals surface area contributed by atoms with Gasteiger partial charge in [-0.05, 0) is 68.5 Å². The minimum atomic E-state index is -3.48. The SMILES string of the molecule is Cc1ccc(C)c2sc(N(CC3CCCO3)C(=O)CCCS(=O)(=O)c3ccc(Cl)cc3)nc12. The number of benzene rings is 2. The van der Waals surface area contributed by atoms with Crippen molar-refractivity contribution < 1.29 is 17.9 Å². The molecular formula is C24H27ClN2O4S2. The maximum absolute atomic E-state index is 13.3. The number of sulfone groups is 1. The molecule has 6 nitrogen and oxygen atoms in total. The highest BCUT2D eigenvalue weighted by molar-refractivity contribution is 7.91. The van der Waals surface area contributed by atoms with Crippen LogP contribution >= 0.6 is 22.9 Å². The van der Waals surface area contributed by atoms with Gasteiger partial charge >= 0.3 is 0 Å². The molecule has 1 unspecified atom stereocenters. The number of carbonyl (C=O) groups excluding carboxylic acids is 1. The van der Waals surface area contributed by atoms with Crippen molar-refractivity contribution in [3.05, 3.63) is 52.5 Å². The zero-order valence-electron chi connectivity index (χ0n) is 18.7. The number of aromatic nitrogens is 1. The van der Waals surface area contributed by atoms with Crippen LogP contribution in [0.1, 0.15) is 36.8 Å². The molecule has 0 bridgehead atoms. The molecule has 1 aliphatic heterocycles. The number of halogens is 1.